The van der Waals surface area contributed by atoms with E-state index in [9.17, 15) is 9.59 Å². The number of nitrogens with one attached hydrogen (secondary N) is 3. The Balaban J connectivity index is 0.750. The van der Waals surface area contributed by atoms with Crippen LogP contribution in [-0.4, -0.2) is 72.8 Å². The molecule has 4 aliphatic heterocycles. The molecule has 5 aromatic rings. The lowest BCUT2D eigenvalue weighted by Gasteiger charge is -2.38. The predicted molar refractivity (Wildman–Crippen MR) is 218 cm³/mol. The summed E-state index contributed by atoms with van der Waals surface area (Å²) in [5.74, 6) is 2.57. The van der Waals surface area contributed by atoms with Crippen molar-refractivity contribution in [3.8, 4) is 17.0 Å². The molecule has 3 N–H and O–H groups in total. The number of carbonyl (C=O) groups is 2. The lowest BCUT2D eigenvalue weighted by atomic mass is 9.82. The summed E-state index contributed by atoms with van der Waals surface area (Å²) >= 11 is 0. The predicted octanol–water partition coefficient (Wildman–Crippen LogP) is 7.52. The van der Waals surface area contributed by atoms with E-state index in [0.29, 0.717) is 31.4 Å². The minimum atomic E-state index is -0.339. The number of fused-ring (bicyclic) bond motifs is 2. The van der Waals surface area contributed by atoms with Crippen molar-refractivity contribution in [1.82, 2.24) is 20.3 Å². The standard InChI is InChI=1S/C43H47N9O3/c1-28-37(27-45-41-40(28)44-17-23-55-41)31-2-3-32-26-46-42(48-38(32)25-31)47-33-4-6-34(7-5-33)50-18-12-29(13-19-50)24-30-14-20-51(21-15-30)35-8-10-36(11-9-35)52-22-16-39(53)49-43(52)54/h2-11,25-27,29-30,44H,12-24H2,1H3,(H,46,47,48)(H,49,53,54). The minimum absolute atomic E-state index is 0.209. The summed E-state index contributed by atoms with van der Waals surface area (Å²) in [7, 11) is 0. The quantitative estimate of drug-likeness (QED) is 0.147. The highest BCUT2D eigenvalue weighted by Gasteiger charge is 2.27. The molecule has 3 saturated heterocycles. The molecule has 12 heteroatoms. The van der Waals surface area contributed by atoms with E-state index >= 15 is 0 Å². The number of rotatable bonds is 8. The van der Waals surface area contributed by atoms with E-state index < -0.39 is 0 Å². The van der Waals surface area contributed by atoms with Crippen molar-refractivity contribution in [3.05, 3.63) is 84.7 Å². The first-order valence-electron chi connectivity index (χ1n) is 19.7. The summed E-state index contributed by atoms with van der Waals surface area (Å²) in [6.45, 7) is 8.23. The Morgan fingerprint density at radius 2 is 1.47 bits per heavy atom. The average Bonchev–Trinajstić information content (AvgIpc) is 3.22. The van der Waals surface area contributed by atoms with Crippen LogP contribution >= 0.6 is 0 Å². The SMILES string of the molecule is Cc1c(-c2ccc3cnc(Nc4ccc(N5CCC(CC6CCN(c7ccc(N8CCC(=O)NC8=O)cc7)CC6)CC5)cc4)nc3c2)cnc2c1NCCO2. The maximum absolute atomic E-state index is 12.2. The number of nitrogens with zero attached hydrogens (tertiary/aromatic N) is 6. The van der Waals surface area contributed by atoms with Crippen LogP contribution in [0.2, 0.25) is 0 Å². The number of ether oxygens (including phenoxy) is 1. The molecule has 55 heavy (non-hydrogen) atoms. The lowest BCUT2D eigenvalue weighted by molar-refractivity contribution is -0.120. The van der Waals surface area contributed by atoms with Crippen molar-refractivity contribution in [2.24, 2.45) is 11.8 Å². The Morgan fingerprint density at radius 1 is 0.800 bits per heavy atom. The zero-order chi connectivity index (χ0) is 37.3. The number of pyridine rings is 1. The Morgan fingerprint density at radius 3 is 2.16 bits per heavy atom. The zero-order valence-electron chi connectivity index (χ0n) is 31.3. The number of hydrogen-bond donors (Lipinski definition) is 3. The van der Waals surface area contributed by atoms with Crippen molar-refractivity contribution in [2.45, 2.75) is 45.4 Å². The molecule has 0 bridgehead atoms. The topological polar surface area (TPSA) is 128 Å². The number of hydrogen-bond acceptors (Lipinski definition) is 10. The van der Waals surface area contributed by atoms with E-state index in [2.05, 4.69) is 97.2 Å². The van der Waals surface area contributed by atoms with Crippen LogP contribution in [0.15, 0.2) is 79.1 Å². The van der Waals surface area contributed by atoms with Gasteiger partial charge in [-0.2, -0.15) is 0 Å². The van der Waals surface area contributed by atoms with Gasteiger partial charge >= 0.3 is 6.03 Å². The van der Waals surface area contributed by atoms with Gasteiger partial charge in [-0.05, 0) is 117 Å². The second kappa shape index (κ2) is 15.1. The molecule has 12 nitrogen and oxygen atoms in total. The van der Waals surface area contributed by atoms with Gasteiger partial charge in [0.05, 0.1) is 5.52 Å². The number of imide groups is 1. The molecule has 0 spiro atoms. The molecule has 0 unspecified atom stereocenters. The Kier molecular flexibility index (Phi) is 9.55. The number of benzene rings is 3. The molecule has 282 valence electrons. The Bertz CT molecular complexity index is 2190. The van der Waals surface area contributed by atoms with E-state index in [4.69, 9.17) is 9.72 Å². The largest absolute Gasteiger partial charge is 0.474 e. The van der Waals surface area contributed by atoms with Crippen molar-refractivity contribution in [2.75, 3.05) is 71.2 Å². The van der Waals surface area contributed by atoms with E-state index in [0.717, 1.165) is 89.2 Å². The van der Waals surface area contributed by atoms with Gasteiger partial charge in [-0.1, -0.05) is 12.1 Å². The number of urea groups is 1. The van der Waals surface area contributed by atoms with E-state index in [1.54, 1.807) is 4.90 Å². The maximum Gasteiger partial charge on any atom is 0.328 e. The zero-order valence-corrected chi connectivity index (χ0v) is 31.3. The maximum atomic E-state index is 12.2. The van der Waals surface area contributed by atoms with E-state index in [1.165, 1.54) is 43.5 Å². The van der Waals surface area contributed by atoms with Crippen LogP contribution in [0, 0.1) is 18.8 Å². The average molecular weight is 738 g/mol. The first-order chi connectivity index (χ1) is 26.9. The van der Waals surface area contributed by atoms with Crippen LogP contribution in [0.5, 0.6) is 5.88 Å². The highest BCUT2D eigenvalue weighted by Crippen LogP contribution is 2.37. The molecule has 0 atom stereocenters. The van der Waals surface area contributed by atoms with Gasteiger partial charge < -0.3 is 25.2 Å². The molecular weight excluding hydrogens is 691 g/mol. The van der Waals surface area contributed by atoms with E-state index in [1.807, 2.05) is 24.5 Å². The van der Waals surface area contributed by atoms with Crippen LogP contribution in [0.3, 0.4) is 0 Å². The van der Waals surface area contributed by atoms with Crippen molar-refractivity contribution < 1.29 is 14.3 Å². The second-order valence-electron chi connectivity index (χ2n) is 15.3. The fourth-order valence-electron chi connectivity index (χ4n) is 8.63. The molecule has 4 aliphatic rings. The first kappa shape index (κ1) is 34.8. The van der Waals surface area contributed by atoms with Gasteiger partial charge in [0.1, 0.15) is 12.3 Å². The molecule has 3 amide bonds. The Labute approximate surface area is 321 Å². The third kappa shape index (κ3) is 7.45. The van der Waals surface area contributed by atoms with Gasteiger partial charge in [-0.3, -0.25) is 15.0 Å². The minimum Gasteiger partial charge on any atom is -0.474 e. The number of anilines is 6. The number of aromatic nitrogens is 3. The van der Waals surface area contributed by atoms with Gasteiger partial charge in [0.15, 0.2) is 0 Å². The van der Waals surface area contributed by atoms with Gasteiger partial charge in [-0.15, -0.1) is 0 Å². The smallest absolute Gasteiger partial charge is 0.328 e. The molecule has 6 heterocycles. The summed E-state index contributed by atoms with van der Waals surface area (Å²) in [5, 5.41) is 10.2. The molecule has 2 aromatic heterocycles. The van der Waals surface area contributed by atoms with E-state index in [-0.39, 0.29) is 11.9 Å². The van der Waals surface area contributed by atoms with Gasteiger partial charge in [-0.25, -0.2) is 19.7 Å². The summed E-state index contributed by atoms with van der Waals surface area (Å²) in [6, 6.07) is 22.8. The van der Waals surface area contributed by atoms with Crippen molar-refractivity contribution in [3.63, 3.8) is 0 Å². The van der Waals surface area contributed by atoms with Crippen LogP contribution < -0.4 is 35.4 Å². The second-order valence-corrected chi connectivity index (χ2v) is 15.3. The summed E-state index contributed by atoms with van der Waals surface area (Å²) in [4.78, 5) is 44.4. The first-order valence-corrected chi connectivity index (χ1v) is 19.7. The number of amides is 3. The summed E-state index contributed by atoms with van der Waals surface area (Å²) in [6.07, 6.45) is 10.3. The van der Waals surface area contributed by atoms with Gasteiger partial charge in [0.2, 0.25) is 17.7 Å². The third-order valence-corrected chi connectivity index (χ3v) is 11.8. The summed E-state index contributed by atoms with van der Waals surface area (Å²) in [5.41, 5.74) is 9.32. The fraction of sp³-hybridized carbons (Fsp3) is 0.372. The normalized spacial score (nSPS) is 18.1. The van der Waals surface area contributed by atoms with Gasteiger partial charge in [0.25, 0.3) is 0 Å². The molecule has 9 rings (SSSR count). The monoisotopic (exact) mass is 737 g/mol. The molecule has 3 fully saturated rings. The molecular formula is C43H47N9O3. The fourth-order valence-corrected chi connectivity index (χ4v) is 8.63. The highest BCUT2D eigenvalue weighted by molar-refractivity contribution is 6.05. The van der Waals surface area contributed by atoms with Crippen LogP contribution in [-0.2, 0) is 4.79 Å². The molecule has 0 aliphatic carbocycles. The van der Waals surface area contributed by atoms with Crippen molar-refractivity contribution in [1.29, 1.82) is 0 Å². The molecule has 0 saturated carbocycles. The molecule has 0 radical (unpaired) electrons. The van der Waals surface area contributed by atoms with Crippen LogP contribution in [0.1, 0.15) is 44.1 Å². The highest BCUT2D eigenvalue weighted by atomic mass is 16.5. The van der Waals surface area contributed by atoms with Crippen LogP contribution in [0.4, 0.5) is 39.2 Å². The molecule has 3 aromatic carbocycles. The van der Waals surface area contributed by atoms with Gasteiger partial charge in [0, 0.05) is 91.8 Å². The third-order valence-electron chi connectivity index (χ3n) is 11.8. The van der Waals surface area contributed by atoms with Crippen molar-refractivity contribution >= 4 is 57.2 Å². The summed E-state index contributed by atoms with van der Waals surface area (Å²) < 4.78 is 5.72. The van der Waals surface area contributed by atoms with Crippen LogP contribution in [0.25, 0.3) is 22.0 Å². The number of carbonyl (C=O) groups excluding carboxylic acids is 2. The number of piperidine rings is 2. The lowest BCUT2D eigenvalue weighted by Crippen LogP contribution is -2.49. The Hall–Kier alpha value is -5.91.